The number of nitrogens with two attached hydrogens (primary N) is 1. The van der Waals surface area contributed by atoms with Crippen LogP contribution >= 0.6 is 0 Å². The zero-order valence-corrected chi connectivity index (χ0v) is 22.2. The Kier molecular flexibility index (Phi) is 5.75. The number of nitrogens with one attached hydrogen (secondary N) is 2. The van der Waals surface area contributed by atoms with Crippen LogP contribution in [0.4, 0.5) is 5.95 Å². The highest BCUT2D eigenvalue weighted by Gasteiger charge is 2.49. The molecule has 0 unspecified atom stereocenters. The third-order valence-corrected chi connectivity index (χ3v) is 9.23. The van der Waals surface area contributed by atoms with Gasteiger partial charge in [-0.1, -0.05) is 36.4 Å². The Balaban J connectivity index is 1.13. The van der Waals surface area contributed by atoms with Gasteiger partial charge in [0.05, 0.1) is 12.3 Å². The molecule has 2 fully saturated rings. The topological polar surface area (TPSA) is 122 Å². The fourth-order valence-electron chi connectivity index (χ4n) is 6.82. The molecule has 1 spiro atoms. The van der Waals surface area contributed by atoms with Crippen LogP contribution < -0.4 is 20.9 Å². The molecule has 4 N–H and O–H groups in total. The summed E-state index contributed by atoms with van der Waals surface area (Å²) in [5, 5.41) is 8.24. The standard InChI is InChI=1S/C30H34N6O3/c1-38-15-16-39-21-7-4-6-20(17-21)30(9-10-30)25-23-26(35-34-25)32-28(33-27(23)37)36-13-11-29(12-14-36)18-19-5-2-3-8-22(19)24(29)31/h2-8,17,24H,9-16,18,31H2,1H3,(H2,32,33,34,35,37)/t24-/m1/s1. The predicted molar refractivity (Wildman–Crippen MR) is 149 cm³/mol. The molecule has 1 atom stereocenters. The van der Waals surface area contributed by atoms with Crippen molar-refractivity contribution >= 4 is 17.0 Å². The second-order valence-electron chi connectivity index (χ2n) is 11.3. The van der Waals surface area contributed by atoms with Crippen LogP contribution in [-0.4, -0.2) is 53.6 Å². The average molecular weight is 527 g/mol. The van der Waals surface area contributed by atoms with Gasteiger partial charge in [-0.25, -0.2) is 0 Å². The van der Waals surface area contributed by atoms with Crippen molar-refractivity contribution in [3.8, 4) is 5.75 Å². The minimum Gasteiger partial charge on any atom is -0.491 e. The smallest absolute Gasteiger partial charge is 0.263 e. The maximum Gasteiger partial charge on any atom is 0.263 e. The first kappa shape index (κ1) is 24.4. The number of aromatic amines is 2. The van der Waals surface area contributed by atoms with Gasteiger partial charge in [-0.2, -0.15) is 10.1 Å². The third-order valence-electron chi connectivity index (χ3n) is 9.23. The van der Waals surface area contributed by atoms with Gasteiger partial charge in [-0.3, -0.25) is 14.9 Å². The highest BCUT2D eigenvalue weighted by atomic mass is 16.5. The lowest BCUT2D eigenvalue weighted by Gasteiger charge is -2.42. The lowest BCUT2D eigenvalue weighted by molar-refractivity contribution is 0.146. The fourth-order valence-corrected chi connectivity index (χ4v) is 6.82. The van der Waals surface area contributed by atoms with Gasteiger partial charge in [-0.15, -0.1) is 0 Å². The van der Waals surface area contributed by atoms with E-state index in [1.807, 2.05) is 12.1 Å². The molecule has 9 nitrogen and oxygen atoms in total. The van der Waals surface area contributed by atoms with E-state index in [4.69, 9.17) is 20.2 Å². The number of aromatic nitrogens is 4. The number of nitrogens with zero attached hydrogens (tertiary/aromatic N) is 3. The summed E-state index contributed by atoms with van der Waals surface area (Å²) in [5.74, 6) is 1.38. The summed E-state index contributed by atoms with van der Waals surface area (Å²) in [4.78, 5) is 23.5. The van der Waals surface area contributed by atoms with E-state index >= 15 is 0 Å². The monoisotopic (exact) mass is 526 g/mol. The molecule has 2 aromatic heterocycles. The molecular formula is C30H34N6O3. The summed E-state index contributed by atoms with van der Waals surface area (Å²) < 4.78 is 10.9. The molecule has 4 aromatic rings. The minimum absolute atomic E-state index is 0.0536. The Morgan fingerprint density at radius 1 is 1.08 bits per heavy atom. The van der Waals surface area contributed by atoms with Crippen molar-refractivity contribution in [2.45, 2.75) is 43.6 Å². The number of hydrogen-bond acceptors (Lipinski definition) is 7. The summed E-state index contributed by atoms with van der Waals surface area (Å²) in [6.07, 6.45) is 4.81. The molecular weight excluding hydrogens is 492 g/mol. The molecule has 39 heavy (non-hydrogen) atoms. The van der Waals surface area contributed by atoms with Crippen molar-refractivity contribution in [3.05, 3.63) is 81.3 Å². The lowest BCUT2D eigenvalue weighted by atomic mass is 9.73. The number of benzene rings is 2. The molecule has 202 valence electrons. The summed E-state index contributed by atoms with van der Waals surface area (Å²) >= 11 is 0. The van der Waals surface area contributed by atoms with Crippen LogP contribution in [0.15, 0.2) is 53.3 Å². The largest absolute Gasteiger partial charge is 0.491 e. The summed E-state index contributed by atoms with van der Waals surface area (Å²) in [5.41, 5.74) is 11.5. The van der Waals surface area contributed by atoms with E-state index in [9.17, 15) is 4.79 Å². The van der Waals surface area contributed by atoms with Gasteiger partial charge in [0.2, 0.25) is 5.95 Å². The summed E-state index contributed by atoms with van der Waals surface area (Å²) in [6.45, 7) is 2.62. The molecule has 3 aliphatic rings. The van der Waals surface area contributed by atoms with Crippen LogP contribution in [0, 0.1) is 5.41 Å². The molecule has 1 saturated carbocycles. The van der Waals surface area contributed by atoms with Crippen molar-refractivity contribution in [1.82, 2.24) is 20.2 Å². The zero-order chi connectivity index (χ0) is 26.6. The van der Waals surface area contributed by atoms with Crippen LogP contribution in [0.5, 0.6) is 5.75 Å². The van der Waals surface area contributed by atoms with E-state index in [-0.39, 0.29) is 22.4 Å². The van der Waals surface area contributed by atoms with Crippen molar-refractivity contribution in [2.24, 2.45) is 11.1 Å². The van der Waals surface area contributed by atoms with Crippen LogP contribution in [0.25, 0.3) is 11.0 Å². The van der Waals surface area contributed by atoms with E-state index in [2.05, 4.69) is 56.5 Å². The van der Waals surface area contributed by atoms with Gasteiger partial charge in [0.1, 0.15) is 17.7 Å². The van der Waals surface area contributed by atoms with Gasteiger partial charge in [0, 0.05) is 31.7 Å². The Morgan fingerprint density at radius 2 is 1.90 bits per heavy atom. The second kappa shape index (κ2) is 9.20. The fraction of sp³-hybridized carbons (Fsp3) is 0.433. The number of anilines is 1. The Hall–Kier alpha value is -3.69. The van der Waals surface area contributed by atoms with E-state index in [0.29, 0.717) is 30.2 Å². The number of hydrogen-bond donors (Lipinski definition) is 3. The van der Waals surface area contributed by atoms with Crippen LogP contribution in [0.2, 0.25) is 0 Å². The second-order valence-corrected chi connectivity index (χ2v) is 11.3. The molecule has 7 rings (SSSR count). The quantitative estimate of drug-likeness (QED) is 0.315. The first-order valence-corrected chi connectivity index (χ1v) is 13.8. The molecule has 1 saturated heterocycles. The lowest BCUT2D eigenvalue weighted by Crippen LogP contribution is -2.45. The first-order chi connectivity index (χ1) is 19.0. The van der Waals surface area contributed by atoms with E-state index < -0.39 is 0 Å². The Morgan fingerprint density at radius 3 is 2.67 bits per heavy atom. The van der Waals surface area contributed by atoms with Gasteiger partial charge < -0.3 is 20.1 Å². The number of rotatable bonds is 7. The zero-order valence-electron chi connectivity index (χ0n) is 22.2. The number of ether oxygens (including phenoxy) is 2. The molecule has 9 heteroatoms. The van der Waals surface area contributed by atoms with Crippen molar-refractivity contribution in [3.63, 3.8) is 0 Å². The van der Waals surface area contributed by atoms with E-state index in [1.54, 1.807) is 7.11 Å². The van der Waals surface area contributed by atoms with Gasteiger partial charge in [-0.05, 0) is 66.3 Å². The maximum atomic E-state index is 13.5. The molecule has 0 bridgehead atoms. The molecule has 0 amide bonds. The average Bonchev–Trinajstić information content (AvgIpc) is 3.57. The Labute approximate surface area is 226 Å². The molecule has 2 aromatic carbocycles. The normalized spacial score (nSPS) is 20.9. The van der Waals surface area contributed by atoms with E-state index in [1.165, 1.54) is 11.1 Å². The predicted octanol–water partition coefficient (Wildman–Crippen LogP) is 3.59. The molecule has 2 aliphatic carbocycles. The van der Waals surface area contributed by atoms with Crippen molar-refractivity contribution < 1.29 is 9.47 Å². The highest BCUT2D eigenvalue weighted by molar-refractivity contribution is 5.80. The van der Waals surface area contributed by atoms with Gasteiger partial charge >= 0.3 is 0 Å². The number of fused-ring (bicyclic) bond motifs is 2. The first-order valence-electron chi connectivity index (χ1n) is 13.8. The summed E-state index contributed by atoms with van der Waals surface area (Å²) in [6, 6.07) is 16.7. The molecule has 1 aliphatic heterocycles. The minimum atomic E-state index is -0.281. The van der Waals surface area contributed by atoms with Crippen LogP contribution in [0.1, 0.15) is 54.1 Å². The van der Waals surface area contributed by atoms with E-state index in [0.717, 1.165) is 62.2 Å². The van der Waals surface area contributed by atoms with Gasteiger partial charge in [0.15, 0.2) is 5.65 Å². The van der Waals surface area contributed by atoms with Crippen LogP contribution in [0.3, 0.4) is 0 Å². The Bertz CT molecular complexity index is 1580. The number of piperidine rings is 1. The van der Waals surface area contributed by atoms with Crippen LogP contribution in [-0.2, 0) is 16.6 Å². The number of H-pyrrole nitrogens is 2. The van der Waals surface area contributed by atoms with Gasteiger partial charge in [0.25, 0.3) is 5.56 Å². The number of methoxy groups -OCH3 is 1. The van der Waals surface area contributed by atoms with Crippen molar-refractivity contribution in [2.75, 3.05) is 38.3 Å². The third kappa shape index (κ3) is 3.94. The highest BCUT2D eigenvalue weighted by Crippen LogP contribution is 2.54. The SMILES string of the molecule is COCCOc1cccc(C2(c3[nH]nc4nc(N5CCC6(CC5)Cc5ccccc5[C@H]6N)[nH]c(=O)c34)CC2)c1. The molecule has 0 radical (unpaired) electrons. The summed E-state index contributed by atoms with van der Waals surface area (Å²) in [7, 11) is 1.66. The maximum absolute atomic E-state index is 13.5. The van der Waals surface area contributed by atoms with Crippen molar-refractivity contribution in [1.29, 1.82) is 0 Å². The molecule has 3 heterocycles.